The molecule has 0 aromatic rings. The summed E-state index contributed by atoms with van der Waals surface area (Å²) in [7, 11) is 0. The number of unbranched alkanes of at least 4 members (excludes halogenated alkanes) is 3. The van der Waals surface area contributed by atoms with E-state index in [4.69, 9.17) is 4.74 Å². The zero-order valence-electron chi connectivity index (χ0n) is 16.6. The minimum absolute atomic E-state index is 0.0216. The lowest BCUT2D eigenvalue weighted by Crippen LogP contribution is -2.35. The van der Waals surface area contributed by atoms with Crippen molar-refractivity contribution in [3.8, 4) is 0 Å². The van der Waals surface area contributed by atoms with Gasteiger partial charge in [-0.15, -0.1) is 0 Å². The Morgan fingerprint density at radius 2 is 1.81 bits per heavy atom. The molecular weight excluding hydrogens is 350 g/mol. The molecule has 1 aliphatic rings. The summed E-state index contributed by atoms with van der Waals surface area (Å²) in [5.41, 5.74) is 0. The first-order valence-corrected chi connectivity index (χ1v) is 9.91. The van der Waals surface area contributed by atoms with Crippen LogP contribution in [0.3, 0.4) is 0 Å². The summed E-state index contributed by atoms with van der Waals surface area (Å²) < 4.78 is 5.28. The number of nitrogens with one attached hydrogen (secondary N) is 2. The molecule has 1 unspecified atom stereocenters. The summed E-state index contributed by atoms with van der Waals surface area (Å²) in [5.74, 6) is -0.987. The van der Waals surface area contributed by atoms with Gasteiger partial charge in [0.1, 0.15) is 6.73 Å². The molecule has 8 nitrogen and oxygen atoms in total. The maximum absolute atomic E-state index is 11.7. The summed E-state index contributed by atoms with van der Waals surface area (Å²) in [5, 5.41) is 5.46. The largest absolute Gasteiger partial charge is 0.361 e. The van der Waals surface area contributed by atoms with Gasteiger partial charge in [-0.3, -0.25) is 24.1 Å². The van der Waals surface area contributed by atoms with Gasteiger partial charge >= 0.3 is 0 Å². The van der Waals surface area contributed by atoms with Gasteiger partial charge in [0.15, 0.2) is 0 Å². The van der Waals surface area contributed by atoms with Gasteiger partial charge in [0.25, 0.3) is 0 Å². The van der Waals surface area contributed by atoms with Gasteiger partial charge < -0.3 is 15.4 Å². The first kappa shape index (κ1) is 23.1. The summed E-state index contributed by atoms with van der Waals surface area (Å²) in [6, 6.07) is 0. The van der Waals surface area contributed by atoms with E-state index in [2.05, 4.69) is 17.6 Å². The van der Waals surface area contributed by atoms with E-state index in [-0.39, 0.29) is 55.7 Å². The normalized spacial score (nSPS) is 16.7. The van der Waals surface area contributed by atoms with Crippen LogP contribution in [0.2, 0.25) is 0 Å². The monoisotopic (exact) mass is 383 g/mol. The van der Waals surface area contributed by atoms with Crippen molar-refractivity contribution in [3.63, 3.8) is 0 Å². The Morgan fingerprint density at radius 1 is 1.07 bits per heavy atom. The molecule has 1 heterocycles. The van der Waals surface area contributed by atoms with Crippen molar-refractivity contribution in [1.29, 1.82) is 0 Å². The van der Waals surface area contributed by atoms with Crippen LogP contribution in [-0.2, 0) is 23.9 Å². The smallest absolute Gasteiger partial charge is 0.232 e. The number of hydrogen-bond donors (Lipinski definition) is 2. The van der Waals surface area contributed by atoms with E-state index in [1.807, 2.05) is 0 Å². The third-order valence-corrected chi connectivity index (χ3v) is 4.45. The highest BCUT2D eigenvalue weighted by Crippen LogP contribution is 2.18. The van der Waals surface area contributed by atoms with E-state index in [9.17, 15) is 19.2 Å². The minimum atomic E-state index is -0.294. The quantitative estimate of drug-likeness (QED) is 0.268. The average molecular weight is 383 g/mol. The Bertz CT molecular complexity index is 510. The number of ether oxygens (including phenoxy) is 1. The molecule has 0 radical (unpaired) electrons. The molecule has 2 N–H and O–H groups in total. The molecule has 0 saturated carbocycles. The fourth-order valence-electron chi connectivity index (χ4n) is 2.79. The number of hydrogen-bond acceptors (Lipinski definition) is 5. The Kier molecular flexibility index (Phi) is 11.3. The van der Waals surface area contributed by atoms with E-state index >= 15 is 0 Å². The van der Waals surface area contributed by atoms with Crippen molar-refractivity contribution in [2.75, 3.05) is 26.4 Å². The molecule has 0 spiro atoms. The van der Waals surface area contributed by atoms with Crippen molar-refractivity contribution in [2.24, 2.45) is 5.92 Å². The Labute approximate surface area is 161 Å². The van der Waals surface area contributed by atoms with Gasteiger partial charge in [0, 0.05) is 44.9 Å². The third-order valence-electron chi connectivity index (χ3n) is 4.45. The van der Waals surface area contributed by atoms with Crippen LogP contribution in [0.1, 0.15) is 65.2 Å². The van der Waals surface area contributed by atoms with Crippen LogP contribution in [0.5, 0.6) is 0 Å². The maximum Gasteiger partial charge on any atom is 0.232 e. The SMILES string of the molecule is CCCCCCNC(=O)CCCOCNC(=O)CCN1C(=O)CC(C)C1=O. The molecule has 0 aromatic carbocycles. The molecule has 154 valence electrons. The lowest BCUT2D eigenvalue weighted by molar-refractivity contribution is -0.139. The van der Waals surface area contributed by atoms with Crippen molar-refractivity contribution in [2.45, 2.75) is 65.2 Å². The number of amides is 4. The predicted octanol–water partition coefficient (Wildman–Crippen LogP) is 1.34. The van der Waals surface area contributed by atoms with E-state index in [0.29, 0.717) is 19.4 Å². The topological polar surface area (TPSA) is 105 Å². The number of carbonyl (C=O) groups excluding carboxylic acids is 4. The van der Waals surface area contributed by atoms with E-state index < -0.39 is 0 Å². The zero-order chi connectivity index (χ0) is 20.1. The molecule has 1 atom stereocenters. The zero-order valence-corrected chi connectivity index (χ0v) is 16.6. The number of likely N-dealkylation sites (tertiary alicyclic amines) is 1. The standard InChI is InChI=1S/C19H33N3O5/c1-3-4-5-6-10-20-16(23)8-7-12-27-14-21-17(24)9-11-22-18(25)13-15(2)19(22)26/h15H,3-14H2,1-2H3,(H,20,23)(H,21,24). The molecule has 8 heteroatoms. The summed E-state index contributed by atoms with van der Waals surface area (Å²) in [6.45, 7) is 5.11. The second-order valence-corrected chi connectivity index (χ2v) is 6.91. The number of imide groups is 1. The number of carbonyl (C=O) groups is 4. The van der Waals surface area contributed by atoms with Gasteiger partial charge in [-0.25, -0.2) is 0 Å². The summed E-state index contributed by atoms with van der Waals surface area (Å²) in [6.07, 6.45) is 5.79. The van der Waals surface area contributed by atoms with Crippen LogP contribution in [0.15, 0.2) is 0 Å². The summed E-state index contributed by atoms with van der Waals surface area (Å²) >= 11 is 0. The number of nitrogens with zero attached hydrogens (tertiary/aromatic N) is 1. The van der Waals surface area contributed by atoms with Crippen molar-refractivity contribution < 1.29 is 23.9 Å². The Hall–Kier alpha value is -1.96. The van der Waals surface area contributed by atoms with Crippen LogP contribution < -0.4 is 10.6 Å². The molecule has 1 saturated heterocycles. The first-order valence-electron chi connectivity index (χ1n) is 9.91. The third kappa shape index (κ3) is 9.51. The molecule has 4 amide bonds. The fourth-order valence-corrected chi connectivity index (χ4v) is 2.79. The highest BCUT2D eigenvalue weighted by molar-refractivity contribution is 6.03. The van der Waals surface area contributed by atoms with Gasteiger partial charge in [-0.1, -0.05) is 33.1 Å². The number of rotatable bonds is 14. The highest BCUT2D eigenvalue weighted by atomic mass is 16.5. The van der Waals surface area contributed by atoms with Gasteiger partial charge in [-0.05, 0) is 12.8 Å². The van der Waals surface area contributed by atoms with Gasteiger partial charge in [-0.2, -0.15) is 0 Å². The molecular formula is C19H33N3O5. The lowest BCUT2D eigenvalue weighted by atomic mass is 10.1. The van der Waals surface area contributed by atoms with Crippen LogP contribution in [0.25, 0.3) is 0 Å². The predicted molar refractivity (Wildman–Crippen MR) is 100 cm³/mol. The second kappa shape index (κ2) is 13.2. The fraction of sp³-hybridized carbons (Fsp3) is 0.789. The lowest BCUT2D eigenvalue weighted by Gasteiger charge is -2.14. The minimum Gasteiger partial charge on any atom is -0.361 e. The molecule has 0 bridgehead atoms. The van der Waals surface area contributed by atoms with Crippen LogP contribution in [0.4, 0.5) is 0 Å². The first-order chi connectivity index (χ1) is 13.0. The van der Waals surface area contributed by atoms with Crippen molar-refractivity contribution in [3.05, 3.63) is 0 Å². The van der Waals surface area contributed by atoms with E-state index in [1.54, 1.807) is 6.92 Å². The molecule has 1 aliphatic heterocycles. The molecule has 0 aliphatic carbocycles. The Balaban J connectivity index is 1.97. The van der Waals surface area contributed by atoms with Gasteiger partial charge in [0.2, 0.25) is 23.6 Å². The molecule has 0 aromatic heterocycles. The van der Waals surface area contributed by atoms with E-state index in [0.717, 1.165) is 24.3 Å². The maximum atomic E-state index is 11.7. The summed E-state index contributed by atoms with van der Waals surface area (Å²) in [4.78, 5) is 47.8. The molecule has 1 rings (SSSR count). The van der Waals surface area contributed by atoms with Crippen molar-refractivity contribution in [1.82, 2.24) is 15.5 Å². The Morgan fingerprint density at radius 3 is 2.48 bits per heavy atom. The molecule has 1 fully saturated rings. The molecule has 27 heavy (non-hydrogen) atoms. The van der Waals surface area contributed by atoms with Crippen LogP contribution in [-0.4, -0.2) is 55.0 Å². The van der Waals surface area contributed by atoms with Crippen LogP contribution >= 0.6 is 0 Å². The van der Waals surface area contributed by atoms with Crippen molar-refractivity contribution >= 4 is 23.6 Å². The highest BCUT2D eigenvalue weighted by Gasteiger charge is 2.35. The van der Waals surface area contributed by atoms with Crippen LogP contribution in [0, 0.1) is 5.92 Å². The average Bonchev–Trinajstić information content (AvgIpc) is 2.88. The van der Waals surface area contributed by atoms with E-state index in [1.165, 1.54) is 12.8 Å². The second-order valence-electron chi connectivity index (χ2n) is 6.91. The van der Waals surface area contributed by atoms with Gasteiger partial charge in [0.05, 0.1) is 0 Å².